The molecule has 0 aliphatic carbocycles. The van der Waals surface area contributed by atoms with Crippen LogP contribution in [0.15, 0.2) is 18.2 Å². The van der Waals surface area contributed by atoms with Gasteiger partial charge in [0.1, 0.15) is 0 Å². The lowest BCUT2D eigenvalue weighted by molar-refractivity contribution is 0.604. The number of nitrogens with two attached hydrogens (primary N) is 1. The smallest absolute Gasteiger partial charge is 0.246 e. The second-order valence-corrected chi connectivity index (χ2v) is 4.82. The average Bonchev–Trinajstić information content (AvgIpc) is 2.09. The third-order valence-corrected chi connectivity index (χ3v) is 2.81. The van der Waals surface area contributed by atoms with Gasteiger partial charge in [-0.2, -0.15) is 5.26 Å². The minimum Gasteiger partial charge on any atom is -0.399 e. The van der Waals surface area contributed by atoms with E-state index in [-0.39, 0.29) is 0 Å². The van der Waals surface area contributed by atoms with Gasteiger partial charge in [0, 0.05) is 5.69 Å². The van der Waals surface area contributed by atoms with Crippen molar-refractivity contribution in [1.82, 2.24) is 0 Å². The van der Waals surface area contributed by atoms with Crippen LogP contribution in [0, 0.1) is 18.3 Å². The van der Waals surface area contributed by atoms with Crippen LogP contribution in [0.5, 0.6) is 0 Å². The highest BCUT2D eigenvalue weighted by molar-refractivity contribution is 7.92. The maximum atomic E-state index is 11.3. The number of anilines is 2. The molecule has 80 valence electrons. The zero-order valence-electron chi connectivity index (χ0n) is 8.19. The molecule has 5 nitrogen and oxygen atoms in total. The van der Waals surface area contributed by atoms with Gasteiger partial charge in [-0.15, -0.1) is 0 Å². The van der Waals surface area contributed by atoms with Crippen LogP contribution < -0.4 is 10.5 Å². The van der Waals surface area contributed by atoms with Crippen molar-refractivity contribution in [1.29, 1.82) is 5.26 Å². The zero-order valence-corrected chi connectivity index (χ0v) is 9.00. The number of nitriles is 1. The first-order valence-corrected chi connectivity index (χ1v) is 5.83. The van der Waals surface area contributed by atoms with Gasteiger partial charge < -0.3 is 5.73 Å². The van der Waals surface area contributed by atoms with E-state index in [1.165, 1.54) is 0 Å². The first-order chi connectivity index (χ1) is 6.94. The van der Waals surface area contributed by atoms with Crippen molar-refractivity contribution < 1.29 is 8.42 Å². The Morgan fingerprint density at radius 2 is 2.20 bits per heavy atom. The molecule has 0 bridgehead atoms. The highest BCUT2D eigenvalue weighted by Crippen LogP contribution is 2.18. The van der Waals surface area contributed by atoms with E-state index >= 15 is 0 Å². The summed E-state index contributed by atoms with van der Waals surface area (Å²) in [6, 6.07) is 6.40. The Morgan fingerprint density at radius 3 is 2.73 bits per heavy atom. The second kappa shape index (κ2) is 4.19. The summed E-state index contributed by atoms with van der Waals surface area (Å²) in [5, 5.41) is 8.30. The number of nitrogens with one attached hydrogen (secondary N) is 1. The Morgan fingerprint density at radius 1 is 1.53 bits per heavy atom. The molecule has 3 N–H and O–H groups in total. The maximum absolute atomic E-state index is 11.3. The molecule has 0 heterocycles. The Labute approximate surface area is 88.6 Å². The molecule has 6 heteroatoms. The summed E-state index contributed by atoms with van der Waals surface area (Å²) >= 11 is 0. The topological polar surface area (TPSA) is 96.0 Å². The molecule has 0 atom stereocenters. The summed E-state index contributed by atoms with van der Waals surface area (Å²) in [5.74, 6) is -0.559. The fourth-order valence-electron chi connectivity index (χ4n) is 1.09. The molecular formula is C9H11N3O2S. The number of nitrogen functional groups attached to an aromatic ring is 1. The van der Waals surface area contributed by atoms with Gasteiger partial charge in [0.05, 0.1) is 11.8 Å². The number of sulfonamides is 1. The first-order valence-electron chi connectivity index (χ1n) is 4.18. The molecule has 0 saturated heterocycles. The lowest BCUT2D eigenvalue weighted by atomic mass is 10.2. The van der Waals surface area contributed by atoms with E-state index in [2.05, 4.69) is 4.72 Å². The van der Waals surface area contributed by atoms with Gasteiger partial charge in [-0.25, -0.2) is 8.42 Å². The molecular weight excluding hydrogens is 214 g/mol. The summed E-state index contributed by atoms with van der Waals surface area (Å²) in [7, 11) is -3.57. The molecule has 0 aliphatic heterocycles. The average molecular weight is 225 g/mol. The molecule has 0 spiro atoms. The monoisotopic (exact) mass is 225 g/mol. The van der Waals surface area contributed by atoms with Crippen LogP contribution in [0.3, 0.4) is 0 Å². The van der Waals surface area contributed by atoms with Crippen molar-refractivity contribution in [2.45, 2.75) is 6.92 Å². The summed E-state index contributed by atoms with van der Waals surface area (Å²) < 4.78 is 24.9. The largest absolute Gasteiger partial charge is 0.399 e. The molecule has 1 rings (SSSR count). The normalized spacial score (nSPS) is 10.7. The molecule has 0 aliphatic rings. The lowest BCUT2D eigenvalue weighted by Crippen LogP contribution is -2.16. The summed E-state index contributed by atoms with van der Waals surface area (Å²) in [5.41, 5.74) is 7.25. The van der Waals surface area contributed by atoms with Gasteiger partial charge in [0.2, 0.25) is 10.0 Å². The highest BCUT2D eigenvalue weighted by Gasteiger charge is 2.10. The molecule has 0 unspecified atom stereocenters. The van der Waals surface area contributed by atoms with Crippen molar-refractivity contribution in [2.75, 3.05) is 16.2 Å². The Bertz CT molecular complexity index is 503. The summed E-state index contributed by atoms with van der Waals surface area (Å²) in [6.07, 6.45) is 0. The number of hydrogen-bond donors (Lipinski definition) is 2. The van der Waals surface area contributed by atoms with Gasteiger partial charge >= 0.3 is 0 Å². The van der Waals surface area contributed by atoms with E-state index in [1.807, 2.05) is 0 Å². The van der Waals surface area contributed by atoms with Crippen molar-refractivity contribution in [2.24, 2.45) is 0 Å². The highest BCUT2D eigenvalue weighted by atomic mass is 32.2. The fraction of sp³-hybridized carbons (Fsp3) is 0.222. The van der Waals surface area contributed by atoms with Crippen LogP contribution in [0.25, 0.3) is 0 Å². The molecule has 1 aromatic carbocycles. The van der Waals surface area contributed by atoms with Crippen LogP contribution in [-0.2, 0) is 10.0 Å². The van der Waals surface area contributed by atoms with E-state index in [4.69, 9.17) is 11.0 Å². The second-order valence-electron chi connectivity index (χ2n) is 3.09. The van der Waals surface area contributed by atoms with Crippen LogP contribution in [0.2, 0.25) is 0 Å². The van der Waals surface area contributed by atoms with Crippen molar-refractivity contribution in [3.05, 3.63) is 23.8 Å². The Hall–Kier alpha value is -1.74. The number of aryl methyl sites for hydroxylation is 1. The van der Waals surface area contributed by atoms with E-state index < -0.39 is 15.8 Å². The third-order valence-electron chi connectivity index (χ3n) is 1.77. The van der Waals surface area contributed by atoms with Crippen molar-refractivity contribution in [3.8, 4) is 6.07 Å². The minimum atomic E-state index is -3.57. The van der Waals surface area contributed by atoms with Gasteiger partial charge in [-0.1, -0.05) is 0 Å². The predicted molar refractivity (Wildman–Crippen MR) is 58.6 cm³/mol. The van der Waals surface area contributed by atoms with Crippen LogP contribution in [0.4, 0.5) is 11.4 Å². The number of hydrogen-bond acceptors (Lipinski definition) is 4. The van der Waals surface area contributed by atoms with Crippen molar-refractivity contribution >= 4 is 21.4 Å². The van der Waals surface area contributed by atoms with E-state index in [1.54, 1.807) is 31.2 Å². The third kappa shape index (κ3) is 3.14. The maximum Gasteiger partial charge on any atom is 0.246 e. The molecule has 1 aromatic rings. The number of benzene rings is 1. The number of rotatable bonds is 3. The van der Waals surface area contributed by atoms with E-state index in [0.717, 1.165) is 5.56 Å². The molecule has 0 saturated carbocycles. The summed E-state index contributed by atoms with van der Waals surface area (Å²) in [4.78, 5) is 0. The standard InChI is InChI=1S/C9H11N3O2S/c1-7-6-8(11)2-3-9(7)12-15(13,14)5-4-10/h2-3,6,12H,5,11H2,1H3. The molecule has 15 heavy (non-hydrogen) atoms. The van der Waals surface area contributed by atoms with E-state index in [0.29, 0.717) is 11.4 Å². The van der Waals surface area contributed by atoms with Gasteiger partial charge in [-0.3, -0.25) is 4.72 Å². The SMILES string of the molecule is Cc1cc(N)ccc1NS(=O)(=O)CC#N. The molecule has 0 radical (unpaired) electrons. The summed E-state index contributed by atoms with van der Waals surface area (Å²) in [6.45, 7) is 1.74. The van der Waals surface area contributed by atoms with Crippen LogP contribution in [-0.4, -0.2) is 14.2 Å². The Kier molecular flexibility index (Phi) is 3.17. The molecule has 0 aromatic heterocycles. The minimum absolute atomic E-state index is 0.444. The zero-order chi connectivity index (χ0) is 11.5. The molecule has 0 fully saturated rings. The van der Waals surface area contributed by atoms with Crippen LogP contribution in [0.1, 0.15) is 5.56 Å². The number of nitrogens with zero attached hydrogens (tertiary/aromatic N) is 1. The Balaban J connectivity index is 2.96. The van der Waals surface area contributed by atoms with E-state index in [9.17, 15) is 8.42 Å². The first kappa shape index (κ1) is 11.3. The van der Waals surface area contributed by atoms with Crippen LogP contribution >= 0.6 is 0 Å². The quantitative estimate of drug-likeness (QED) is 0.745. The van der Waals surface area contributed by atoms with Crippen molar-refractivity contribution in [3.63, 3.8) is 0 Å². The fourth-order valence-corrected chi connectivity index (χ4v) is 1.90. The predicted octanol–water partition coefficient (Wildman–Crippen LogP) is 0.843. The van der Waals surface area contributed by atoms with Gasteiger partial charge in [-0.05, 0) is 30.7 Å². The molecule has 0 amide bonds. The lowest BCUT2D eigenvalue weighted by Gasteiger charge is -2.08. The van der Waals surface area contributed by atoms with Gasteiger partial charge in [0.15, 0.2) is 5.75 Å². The van der Waals surface area contributed by atoms with Gasteiger partial charge in [0.25, 0.3) is 0 Å².